The molecule has 0 unspecified atom stereocenters. The molecule has 0 atom stereocenters. The summed E-state index contributed by atoms with van der Waals surface area (Å²) >= 11 is 5.59. The second-order valence-electron chi connectivity index (χ2n) is 3.13. The van der Waals surface area contributed by atoms with Crippen LogP contribution in [-0.2, 0) is 9.53 Å². The fraction of sp³-hybridized carbons (Fsp3) is 0.273. The van der Waals surface area contributed by atoms with Crippen LogP contribution in [0.3, 0.4) is 0 Å². The zero-order valence-corrected chi connectivity index (χ0v) is 10.2. The van der Waals surface area contributed by atoms with E-state index in [1.54, 1.807) is 13.0 Å². The number of esters is 1. The number of carbonyl (C=O) groups excluding carboxylic acids is 1. The summed E-state index contributed by atoms with van der Waals surface area (Å²) in [6.45, 7) is 3.42. The first-order valence-corrected chi connectivity index (χ1v) is 5.35. The van der Waals surface area contributed by atoms with Crippen molar-refractivity contribution in [3.05, 3.63) is 29.0 Å². The molecule has 0 saturated heterocycles. The van der Waals surface area contributed by atoms with Gasteiger partial charge in [0.15, 0.2) is 5.82 Å². The molecule has 6 heteroatoms. The normalized spacial score (nSPS) is 11.2. The van der Waals surface area contributed by atoms with E-state index in [9.17, 15) is 9.18 Å². The highest BCUT2D eigenvalue weighted by molar-refractivity contribution is 6.35. The fourth-order valence-corrected chi connectivity index (χ4v) is 1.19. The van der Waals surface area contributed by atoms with Gasteiger partial charge in [0.2, 0.25) is 0 Å². The number of carbonyl (C=O) groups is 1. The molecule has 0 bridgehead atoms. The summed E-state index contributed by atoms with van der Waals surface area (Å²) in [6, 6.07) is 4.45. The molecular formula is C11H12ClFN2O2. The van der Waals surface area contributed by atoms with Gasteiger partial charge in [0, 0.05) is 0 Å². The molecule has 0 spiro atoms. The average molecular weight is 259 g/mol. The van der Waals surface area contributed by atoms with Crippen LogP contribution in [0.4, 0.5) is 10.1 Å². The Morgan fingerprint density at radius 2 is 2.29 bits per heavy atom. The molecular weight excluding hydrogens is 247 g/mol. The molecule has 0 heterocycles. The number of rotatable bonds is 4. The summed E-state index contributed by atoms with van der Waals surface area (Å²) in [5.41, 5.74) is 2.62. The lowest BCUT2D eigenvalue weighted by Crippen LogP contribution is -2.15. The maximum Gasteiger partial charge on any atom is 0.354 e. The van der Waals surface area contributed by atoms with Crippen molar-refractivity contribution < 1.29 is 13.9 Å². The molecule has 0 aliphatic heterocycles. The molecule has 1 aromatic carbocycles. The monoisotopic (exact) mass is 258 g/mol. The quantitative estimate of drug-likeness (QED) is 0.513. The first kappa shape index (κ1) is 13.4. The number of halogens is 2. The van der Waals surface area contributed by atoms with Gasteiger partial charge in [-0.1, -0.05) is 17.7 Å². The highest BCUT2D eigenvalue weighted by atomic mass is 35.5. The van der Waals surface area contributed by atoms with Crippen LogP contribution in [0.1, 0.15) is 13.8 Å². The van der Waals surface area contributed by atoms with Crippen LogP contribution >= 0.6 is 11.6 Å². The molecule has 1 aromatic rings. The summed E-state index contributed by atoms with van der Waals surface area (Å²) in [5, 5.41) is 3.69. The van der Waals surface area contributed by atoms with Gasteiger partial charge in [0.05, 0.1) is 17.3 Å². The Bertz CT molecular complexity index is 449. The first-order chi connectivity index (χ1) is 8.06. The zero-order chi connectivity index (χ0) is 12.8. The van der Waals surface area contributed by atoms with Gasteiger partial charge >= 0.3 is 5.97 Å². The molecule has 0 aromatic heterocycles. The molecule has 0 aliphatic carbocycles. The van der Waals surface area contributed by atoms with Gasteiger partial charge in [-0.3, -0.25) is 5.43 Å². The fourth-order valence-electron chi connectivity index (χ4n) is 1.02. The Morgan fingerprint density at radius 3 is 2.94 bits per heavy atom. The van der Waals surface area contributed by atoms with Crippen LogP contribution < -0.4 is 5.43 Å². The predicted octanol–water partition coefficient (Wildman–Crippen LogP) is 2.83. The van der Waals surface area contributed by atoms with Crippen LogP contribution in [-0.4, -0.2) is 18.3 Å². The van der Waals surface area contributed by atoms with Crippen molar-refractivity contribution in [1.29, 1.82) is 0 Å². The van der Waals surface area contributed by atoms with E-state index in [-0.39, 0.29) is 23.0 Å². The molecule has 0 saturated carbocycles. The molecule has 4 nitrogen and oxygen atoms in total. The van der Waals surface area contributed by atoms with E-state index in [1.165, 1.54) is 19.1 Å². The molecule has 17 heavy (non-hydrogen) atoms. The van der Waals surface area contributed by atoms with Crippen molar-refractivity contribution in [2.45, 2.75) is 13.8 Å². The van der Waals surface area contributed by atoms with Gasteiger partial charge in [-0.2, -0.15) is 5.10 Å². The standard InChI is InChI=1S/C11H12ClFN2O2/c1-3-17-11(16)7(2)14-15-9-6-4-5-8(12)10(9)13/h4-6,15H,3H2,1-2H3/b14-7-. The van der Waals surface area contributed by atoms with E-state index in [2.05, 4.69) is 10.5 Å². The van der Waals surface area contributed by atoms with Crippen molar-refractivity contribution in [3.8, 4) is 0 Å². The lowest BCUT2D eigenvalue weighted by molar-refractivity contribution is -0.135. The van der Waals surface area contributed by atoms with Gasteiger partial charge in [0.1, 0.15) is 5.71 Å². The first-order valence-electron chi connectivity index (χ1n) is 4.97. The maximum atomic E-state index is 13.4. The second kappa shape index (κ2) is 6.20. The summed E-state index contributed by atoms with van der Waals surface area (Å²) < 4.78 is 18.1. The van der Waals surface area contributed by atoms with E-state index >= 15 is 0 Å². The molecule has 1 N–H and O–H groups in total. The smallest absolute Gasteiger partial charge is 0.354 e. The molecule has 92 valence electrons. The summed E-state index contributed by atoms with van der Waals surface area (Å²) in [7, 11) is 0. The van der Waals surface area contributed by atoms with Gasteiger partial charge in [0.25, 0.3) is 0 Å². The number of hydrogen-bond acceptors (Lipinski definition) is 4. The number of hydrogen-bond donors (Lipinski definition) is 1. The topological polar surface area (TPSA) is 50.7 Å². The summed E-state index contributed by atoms with van der Waals surface area (Å²) in [6.07, 6.45) is 0. The van der Waals surface area contributed by atoms with Gasteiger partial charge in [-0.25, -0.2) is 9.18 Å². The number of ether oxygens (including phenoxy) is 1. The molecule has 0 aliphatic rings. The minimum atomic E-state index is -0.616. The van der Waals surface area contributed by atoms with Crippen molar-refractivity contribution in [2.24, 2.45) is 5.10 Å². The van der Waals surface area contributed by atoms with E-state index in [4.69, 9.17) is 16.3 Å². The highest BCUT2D eigenvalue weighted by Crippen LogP contribution is 2.21. The van der Waals surface area contributed by atoms with E-state index < -0.39 is 11.8 Å². The minimum absolute atomic E-state index is 0.0148. The van der Waals surface area contributed by atoms with Gasteiger partial charge in [-0.05, 0) is 26.0 Å². The van der Waals surface area contributed by atoms with Gasteiger partial charge in [-0.15, -0.1) is 0 Å². The van der Waals surface area contributed by atoms with Crippen LogP contribution in [0, 0.1) is 5.82 Å². The number of nitrogens with one attached hydrogen (secondary N) is 1. The average Bonchev–Trinajstić information content (AvgIpc) is 2.31. The van der Waals surface area contributed by atoms with E-state index in [1.807, 2.05) is 0 Å². The number of hydrazone groups is 1. The highest BCUT2D eigenvalue weighted by Gasteiger charge is 2.08. The third-order valence-electron chi connectivity index (χ3n) is 1.87. The van der Waals surface area contributed by atoms with Crippen molar-refractivity contribution in [1.82, 2.24) is 0 Å². The Morgan fingerprint density at radius 1 is 1.59 bits per heavy atom. The minimum Gasteiger partial charge on any atom is -0.461 e. The number of nitrogens with zero attached hydrogens (tertiary/aromatic N) is 1. The Balaban J connectivity index is 2.75. The van der Waals surface area contributed by atoms with Crippen LogP contribution in [0.5, 0.6) is 0 Å². The summed E-state index contributed by atoms with van der Waals surface area (Å²) in [4.78, 5) is 11.2. The molecule has 1 rings (SSSR count). The SMILES string of the molecule is CCOC(=O)/C(C)=N\Nc1cccc(Cl)c1F. The van der Waals surface area contributed by atoms with Gasteiger partial charge < -0.3 is 4.74 Å². The van der Waals surface area contributed by atoms with Crippen molar-refractivity contribution >= 4 is 29.0 Å². The zero-order valence-electron chi connectivity index (χ0n) is 9.46. The Hall–Kier alpha value is -1.62. The van der Waals surface area contributed by atoms with Crippen molar-refractivity contribution in [3.63, 3.8) is 0 Å². The third-order valence-corrected chi connectivity index (χ3v) is 2.16. The second-order valence-corrected chi connectivity index (χ2v) is 3.54. The molecule has 0 radical (unpaired) electrons. The number of anilines is 1. The third kappa shape index (κ3) is 3.71. The largest absolute Gasteiger partial charge is 0.461 e. The number of benzene rings is 1. The molecule has 0 amide bonds. The van der Waals surface area contributed by atoms with Crippen LogP contribution in [0.15, 0.2) is 23.3 Å². The van der Waals surface area contributed by atoms with Crippen molar-refractivity contribution in [2.75, 3.05) is 12.0 Å². The summed E-state index contributed by atoms with van der Waals surface area (Å²) in [5.74, 6) is -1.17. The van der Waals surface area contributed by atoms with E-state index in [0.717, 1.165) is 0 Å². The van der Waals surface area contributed by atoms with E-state index in [0.29, 0.717) is 0 Å². The lowest BCUT2D eigenvalue weighted by atomic mass is 10.3. The Kier molecular flexibility index (Phi) is 4.90. The maximum absolute atomic E-state index is 13.4. The predicted molar refractivity (Wildman–Crippen MR) is 64.8 cm³/mol. The van der Waals surface area contributed by atoms with Crippen LogP contribution in [0.2, 0.25) is 5.02 Å². The van der Waals surface area contributed by atoms with Crippen LogP contribution in [0.25, 0.3) is 0 Å². The lowest BCUT2D eigenvalue weighted by Gasteiger charge is -2.05. The molecule has 0 fully saturated rings. The Labute approximate surface area is 103 Å².